The van der Waals surface area contributed by atoms with Gasteiger partial charge in [0, 0.05) is 6.42 Å². The van der Waals surface area contributed by atoms with E-state index in [1.807, 2.05) is 13.8 Å². The van der Waals surface area contributed by atoms with Crippen molar-refractivity contribution in [2.45, 2.75) is 26.4 Å². The van der Waals surface area contributed by atoms with Crippen LogP contribution < -0.4 is 0 Å². The molecule has 0 aromatic rings. The molecule has 10 heavy (non-hydrogen) atoms. The van der Waals surface area contributed by atoms with E-state index in [-0.39, 0.29) is 0 Å². The van der Waals surface area contributed by atoms with Gasteiger partial charge in [-0.2, -0.15) is 0 Å². The largest absolute Gasteiger partial charge is 0.502 e. The first-order valence-corrected chi connectivity index (χ1v) is 3.61. The highest BCUT2D eigenvalue weighted by atomic mass is 16.5. The molecule has 0 saturated carbocycles. The first kappa shape index (κ1) is 9.50. The Kier molecular flexibility index (Phi) is 6.29. The Bertz CT molecular complexity index is 79.3. The van der Waals surface area contributed by atoms with Gasteiger partial charge in [0.15, 0.2) is 0 Å². The molecule has 0 amide bonds. The summed E-state index contributed by atoms with van der Waals surface area (Å²) < 4.78 is 10.2. The lowest BCUT2D eigenvalue weighted by molar-refractivity contribution is 0.0655. The van der Waals surface area contributed by atoms with Crippen LogP contribution in [0.5, 0.6) is 0 Å². The highest BCUT2D eigenvalue weighted by molar-refractivity contribution is 4.48. The molecule has 0 heterocycles. The molecule has 0 radical (unpaired) electrons. The standard InChI is InChI=1S/C8H16O2/c1-4-9-6-5-7-10-8(2)3/h4,8H,1,5-7H2,2-3H3. The number of rotatable bonds is 6. The first-order chi connectivity index (χ1) is 4.77. The third-order valence-electron chi connectivity index (χ3n) is 0.976. The Balaban J connectivity index is 2.83. The van der Waals surface area contributed by atoms with E-state index in [2.05, 4.69) is 6.58 Å². The van der Waals surface area contributed by atoms with E-state index in [9.17, 15) is 0 Å². The van der Waals surface area contributed by atoms with Crippen molar-refractivity contribution in [1.82, 2.24) is 0 Å². The molecule has 0 aliphatic carbocycles. The van der Waals surface area contributed by atoms with Crippen LogP contribution in [0.1, 0.15) is 20.3 Å². The van der Waals surface area contributed by atoms with Crippen LogP contribution in [0.15, 0.2) is 12.8 Å². The van der Waals surface area contributed by atoms with Gasteiger partial charge < -0.3 is 9.47 Å². The molecule has 0 fully saturated rings. The summed E-state index contributed by atoms with van der Waals surface area (Å²) >= 11 is 0. The van der Waals surface area contributed by atoms with Crippen molar-refractivity contribution < 1.29 is 9.47 Å². The quantitative estimate of drug-likeness (QED) is 0.419. The van der Waals surface area contributed by atoms with E-state index in [1.54, 1.807) is 0 Å². The molecular weight excluding hydrogens is 128 g/mol. The highest BCUT2D eigenvalue weighted by Gasteiger charge is 1.91. The third-order valence-corrected chi connectivity index (χ3v) is 0.976. The Morgan fingerprint density at radius 3 is 2.60 bits per heavy atom. The summed E-state index contributed by atoms with van der Waals surface area (Å²) in [7, 11) is 0. The number of hydrogen-bond acceptors (Lipinski definition) is 2. The van der Waals surface area contributed by atoms with E-state index >= 15 is 0 Å². The van der Waals surface area contributed by atoms with Crippen LogP contribution in [0, 0.1) is 0 Å². The second-order valence-corrected chi connectivity index (χ2v) is 2.31. The van der Waals surface area contributed by atoms with Gasteiger partial charge in [-0.1, -0.05) is 6.58 Å². The Hall–Kier alpha value is -0.500. The zero-order valence-corrected chi connectivity index (χ0v) is 6.80. The van der Waals surface area contributed by atoms with E-state index in [0.717, 1.165) is 13.0 Å². The average Bonchev–Trinajstić information content (AvgIpc) is 1.87. The number of hydrogen-bond donors (Lipinski definition) is 0. The van der Waals surface area contributed by atoms with Gasteiger partial charge in [-0.3, -0.25) is 0 Å². The van der Waals surface area contributed by atoms with Crippen LogP contribution in [-0.4, -0.2) is 19.3 Å². The van der Waals surface area contributed by atoms with Gasteiger partial charge in [0.25, 0.3) is 0 Å². The number of ether oxygens (including phenoxy) is 2. The van der Waals surface area contributed by atoms with Crippen LogP contribution in [0.2, 0.25) is 0 Å². The minimum absolute atomic E-state index is 0.323. The zero-order valence-electron chi connectivity index (χ0n) is 6.80. The minimum Gasteiger partial charge on any atom is -0.502 e. The minimum atomic E-state index is 0.323. The lowest BCUT2D eigenvalue weighted by Gasteiger charge is -2.06. The maximum Gasteiger partial charge on any atom is 0.0895 e. The normalized spacial score (nSPS) is 9.90. The molecule has 0 aromatic heterocycles. The average molecular weight is 144 g/mol. The molecule has 0 unspecified atom stereocenters. The highest BCUT2D eigenvalue weighted by Crippen LogP contribution is 1.90. The summed E-state index contributed by atoms with van der Waals surface area (Å²) in [4.78, 5) is 0. The van der Waals surface area contributed by atoms with Gasteiger partial charge >= 0.3 is 0 Å². The Labute approximate surface area is 62.8 Å². The molecule has 0 rings (SSSR count). The van der Waals surface area contributed by atoms with Gasteiger partial charge in [-0.25, -0.2) is 0 Å². The smallest absolute Gasteiger partial charge is 0.0895 e. The lowest BCUT2D eigenvalue weighted by Crippen LogP contribution is -2.05. The molecule has 0 atom stereocenters. The SMILES string of the molecule is C=COCCCOC(C)C. The third kappa shape index (κ3) is 7.50. The van der Waals surface area contributed by atoms with Gasteiger partial charge in [0.2, 0.25) is 0 Å². The molecule has 2 heteroatoms. The van der Waals surface area contributed by atoms with E-state index in [4.69, 9.17) is 9.47 Å². The second-order valence-electron chi connectivity index (χ2n) is 2.31. The zero-order chi connectivity index (χ0) is 7.82. The predicted octanol–water partition coefficient (Wildman–Crippen LogP) is 1.96. The first-order valence-electron chi connectivity index (χ1n) is 3.61. The predicted molar refractivity (Wildman–Crippen MR) is 41.9 cm³/mol. The van der Waals surface area contributed by atoms with Gasteiger partial charge in [0.1, 0.15) is 0 Å². The molecule has 0 aromatic carbocycles. The molecule has 2 nitrogen and oxygen atoms in total. The van der Waals surface area contributed by atoms with Crippen LogP contribution >= 0.6 is 0 Å². The fourth-order valence-corrected chi connectivity index (χ4v) is 0.545. The van der Waals surface area contributed by atoms with Crippen molar-refractivity contribution in [2.24, 2.45) is 0 Å². The molecule has 0 N–H and O–H groups in total. The van der Waals surface area contributed by atoms with Gasteiger partial charge in [0.05, 0.1) is 25.6 Å². The van der Waals surface area contributed by atoms with E-state index in [0.29, 0.717) is 12.7 Å². The summed E-state index contributed by atoms with van der Waals surface area (Å²) in [5.74, 6) is 0. The monoisotopic (exact) mass is 144 g/mol. The molecule has 0 bridgehead atoms. The maximum absolute atomic E-state index is 5.27. The van der Waals surface area contributed by atoms with Gasteiger partial charge in [-0.05, 0) is 13.8 Å². The van der Waals surface area contributed by atoms with E-state index in [1.165, 1.54) is 6.26 Å². The Morgan fingerprint density at radius 1 is 1.40 bits per heavy atom. The van der Waals surface area contributed by atoms with Crippen LogP contribution in [0.25, 0.3) is 0 Å². The summed E-state index contributed by atoms with van der Waals surface area (Å²) in [5, 5.41) is 0. The summed E-state index contributed by atoms with van der Waals surface area (Å²) in [6.45, 7) is 8.95. The maximum atomic E-state index is 5.27. The van der Waals surface area contributed by atoms with Crippen LogP contribution in [0.4, 0.5) is 0 Å². The summed E-state index contributed by atoms with van der Waals surface area (Å²) in [6.07, 6.45) is 2.71. The van der Waals surface area contributed by atoms with Crippen molar-refractivity contribution in [3.63, 3.8) is 0 Å². The lowest BCUT2D eigenvalue weighted by atomic mass is 10.4. The molecular formula is C8H16O2. The molecule has 0 spiro atoms. The van der Waals surface area contributed by atoms with Gasteiger partial charge in [-0.15, -0.1) is 0 Å². The summed E-state index contributed by atoms with van der Waals surface area (Å²) in [5.41, 5.74) is 0. The fourth-order valence-electron chi connectivity index (χ4n) is 0.545. The van der Waals surface area contributed by atoms with Crippen molar-refractivity contribution in [1.29, 1.82) is 0 Å². The molecule has 0 saturated heterocycles. The molecule has 60 valence electrons. The Morgan fingerprint density at radius 2 is 2.10 bits per heavy atom. The second kappa shape index (κ2) is 6.62. The molecule has 0 aliphatic heterocycles. The topological polar surface area (TPSA) is 18.5 Å². The van der Waals surface area contributed by atoms with Crippen molar-refractivity contribution in [3.8, 4) is 0 Å². The van der Waals surface area contributed by atoms with Crippen molar-refractivity contribution in [3.05, 3.63) is 12.8 Å². The summed E-state index contributed by atoms with van der Waals surface area (Å²) in [6, 6.07) is 0. The van der Waals surface area contributed by atoms with Crippen LogP contribution in [-0.2, 0) is 9.47 Å². The van der Waals surface area contributed by atoms with Crippen molar-refractivity contribution in [2.75, 3.05) is 13.2 Å². The fraction of sp³-hybridized carbons (Fsp3) is 0.750. The molecule has 0 aliphatic rings. The van der Waals surface area contributed by atoms with Crippen LogP contribution in [0.3, 0.4) is 0 Å². The van der Waals surface area contributed by atoms with Crippen molar-refractivity contribution >= 4 is 0 Å². The van der Waals surface area contributed by atoms with E-state index < -0.39 is 0 Å².